The van der Waals surface area contributed by atoms with Crippen LogP contribution < -0.4 is 5.32 Å². The van der Waals surface area contributed by atoms with Crippen molar-refractivity contribution in [2.45, 2.75) is 51.1 Å². The van der Waals surface area contributed by atoms with Crippen molar-refractivity contribution in [2.24, 2.45) is 0 Å². The van der Waals surface area contributed by atoms with Crippen molar-refractivity contribution in [3.63, 3.8) is 0 Å². The van der Waals surface area contributed by atoms with Gasteiger partial charge < -0.3 is 10.2 Å². The summed E-state index contributed by atoms with van der Waals surface area (Å²) in [6.07, 6.45) is 5.79. The van der Waals surface area contributed by atoms with Crippen LogP contribution >= 0.6 is 0 Å². The van der Waals surface area contributed by atoms with Crippen LogP contribution in [0, 0.1) is 0 Å². The van der Waals surface area contributed by atoms with Gasteiger partial charge in [-0.3, -0.25) is 19.4 Å². The first kappa shape index (κ1) is 16.7. The highest BCUT2D eigenvalue weighted by molar-refractivity contribution is 5.79. The number of nitrogens with one attached hydrogen (secondary N) is 1. The third-order valence-corrected chi connectivity index (χ3v) is 5.26. The standard InChI is InChI=1S/C17H30N4O2/c1-14-4-2-3-7-21(14)17(23)13-20-10-8-19(9-11-20)12-16(22)18-15-5-6-15/h14-15H,2-13H2,1H3,(H,18,22). The Kier molecular flexibility index (Phi) is 5.54. The Morgan fingerprint density at radius 1 is 0.913 bits per heavy atom. The lowest BCUT2D eigenvalue weighted by molar-refractivity contribution is -0.136. The predicted molar refractivity (Wildman–Crippen MR) is 89.1 cm³/mol. The number of amides is 2. The van der Waals surface area contributed by atoms with Gasteiger partial charge in [0.05, 0.1) is 13.1 Å². The van der Waals surface area contributed by atoms with Gasteiger partial charge in [0.1, 0.15) is 0 Å². The molecule has 3 aliphatic rings. The largest absolute Gasteiger partial charge is 0.352 e. The zero-order valence-corrected chi connectivity index (χ0v) is 14.3. The van der Waals surface area contributed by atoms with Crippen molar-refractivity contribution >= 4 is 11.8 Å². The molecular weight excluding hydrogens is 292 g/mol. The molecule has 1 saturated carbocycles. The van der Waals surface area contributed by atoms with E-state index >= 15 is 0 Å². The van der Waals surface area contributed by atoms with Gasteiger partial charge in [0.2, 0.25) is 11.8 Å². The summed E-state index contributed by atoms with van der Waals surface area (Å²) in [4.78, 5) is 30.8. The zero-order chi connectivity index (χ0) is 16.2. The van der Waals surface area contributed by atoms with Gasteiger partial charge in [-0.25, -0.2) is 0 Å². The molecule has 0 bridgehead atoms. The summed E-state index contributed by atoms with van der Waals surface area (Å²) in [6, 6.07) is 0.830. The number of piperazine rings is 1. The van der Waals surface area contributed by atoms with E-state index in [2.05, 4.69) is 26.9 Å². The summed E-state index contributed by atoms with van der Waals surface area (Å²) in [5.74, 6) is 0.427. The van der Waals surface area contributed by atoms with Gasteiger partial charge in [-0.2, -0.15) is 0 Å². The third kappa shape index (κ3) is 4.91. The van der Waals surface area contributed by atoms with Crippen LogP contribution in [-0.2, 0) is 9.59 Å². The van der Waals surface area contributed by atoms with E-state index in [0.717, 1.165) is 58.4 Å². The van der Waals surface area contributed by atoms with Crippen molar-refractivity contribution in [2.75, 3.05) is 45.8 Å². The lowest BCUT2D eigenvalue weighted by Crippen LogP contribution is -2.53. The fraction of sp³-hybridized carbons (Fsp3) is 0.882. The smallest absolute Gasteiger partial charge is 0.236 e. The molecule has 0 radical (unpaired) electrons. The molecule has 2 amide bonds. The van der Waals surface area contributed by atoms with Gasteiger partial charge in [-0.05, 0) is 39.0 Å². The number of carbonyl (C=O) groups excluding carboxylic acids is 2. The van der Waals surface area contributed by atoms with E-state index in [1.54, 1.807) is 0 Å². The first-order chi connectivity index (χ1) is 11.1. The molecule has 1 atom stereocenters. The minimum atomic E-state index is 0.152. The predicted octanol–water partition coefficient (Wildman–Crippen LogP) is 0.284. The molecule has 6 heteroatoms. The molecular formula is C17H30N4O2. The molecule has 130 valence electrons. The van der Waals surface area contributed by atoms with Crippen molar-refractivity contribution in [3.8, 4) is 0 Å². The number of nitrogens with zero attached hydrogens (tertiary/aromatic N) is 3. The van der Waals surface area contributed by atoms with E-state index in [1.807, 2.05) is 0 Å². The van der Waals surface area contributed by atoms with E-state index in [1.165, 1.54) is 6.42 Å². The fourth-order valence-corrected chi connectivity index (χ4v) is 3.56. The lowest BCUT2D eigenvalue weighted by atomic mass is 10.0. The lowest BCUT2D eigenvalue weighted by Gasteiger charge is -2.37. The van der Waals surface area contributed by atoms with Gasteiger partial charge >= 0.3 is 0 Å². The topological polar surface area (TPSA) is 55.9 Å². The molecule has 2 saturated heterocycles. The van der Waals surface area contributed by atoms with Crippen molar-refractivity contribution in [3.05, 3.63) is 0 Å². The molecule has 0 spiro atoms. The number of carbonyl (C=O) groups is 2. The van der Waals surface area contributed by atoms with Gasteiger partial charge in [0, 0.05) is 44.8 Å². The Morgan fingerprint density at radius 2 is 1.57 bits per heavy atom. The van der Waals surface area contributed by atoms with Gasteiger partial charge in [-0.15, -0.1) is 0 Å². The Morgan fingerprint density at radius 3 is 2.17 bits per heavy atom. The molecule has 1 aliphatic carbocycles. The van der Waals surface area contributed by atoms with Crippen LogP contribution in [0.15, 0.2) is 0 Å². The van der Waals surface area contributed by atoms with Crippen molar-refractivity contribution in [1.82, 2.24) is 20.0 Å². The van der Waals surface area contributed by atoms with Crippen molar-refractivity contribution in [1.29, 1.82) is 0 Å². The zero-order valence-electron chi connectivity index (χ0n) is 14.3. The monoisotopic (exact) mass is 322 g/mol. The van der Waals surface area contributed by atoms with Crippen LogP contribution in [0.1, 0.15) is 39.0 Å². The highest BCUT2D eigenvalue weighted by atomic mass is 16.2. The quantitative estimate of drug-likeness (QED) is 0.790. The summed E-state index contributed by atoms with van der Waals surface area (Å²) in [5.41, 5.74) is 0. The Bertz CT molecular complexity index is 430. The maximum Gasteiger partial charge on any atom is 0.236 e. The highest BCUT2D eigenvalue weighted by Gasteiger charge is 2.27. The second-order valence-electron chi connectivity index (χ2n) is 7.33. The minimum Gasteiger partial charge on any atom is -0.352 e. The second-order valence-corrected chi connectivity index (χ2v) is 7.33. The number of rotatable bonds is 5. The minimum absolute atomic E-state index is 0.152. The third-order valence-electron chi connectivity index (χ3n) is 5.26. The SMILES string of the molecule is CC1CCCCN1C(=O)CN1CCN(CC(=O)NC2CC2)CC1. The molecule has 2 heterocycles. The van der Waals surface area contributed by atoms with E-state index in [4.69, 9.17) is 0 Å². The summed E-state index contributed by atoms with van der Waals surface area (Å²) < 4.78 is 0. The Hall–Kier alpha value is -1.14. The Labute approximate surface area is 139 Å². The summed E-state index contributed by atoms with van der Waals surface area (Å²) >= 11 is 0. The van der Waals surface area contributed by atoms with E-state index in [9.17, 15) is 9.59 Å². The van der Waals surface area contributed by atoms with Crippen LogP contribution in [-0.4, -0.2) is 84.4 Å². The number of hydrogen-bond acceptors (Lipinski definition) is 4. The van der Waals surface area contributed by atoms with Crippen LogP contribution in [0.5, 0.6) is 0 Å². The summed E-state index contributed by atoms with van der Waals surface area (Å²) in [7, 11) is 0. The number of likely N-dealkylation sites (tertiary alicyclic amines) is 1. The highest BCUT2D eigenvalue weighted by Crippen LogP contribution is 2.18. The average molecular weight is 322 g/mol. The summed E-state index contributed by atoms with van der Waals surface area (Å²) in [6.45, 7) is 7.62. The first-order valence-corrected chi connectivity index (χ1v) is 9.15. The molecule has 1 N–H and O–H groups in total. The summed E-state index contributed by atoms with van der Waals surface area (Å²) in [5, 5.41) is 3.04. The second kappa shape index (κ2) is 7.62. The van der Waals surface area contributed by atoms with E-state index in [0.29, 0.717) is 25.2 Å². The number of piperidine rings is 1. The molecule has 0 aromatic rings. The molecule has 6 nitrogen and oxygen atoms in total. The molecule has 1 unspecified atom stereocenters. The van der Waals surface area contributed by atoms with Crippen LogP contribution in [0.3, 0.4) is 0 Å². The average Bonchev–Trinajstić information content (AvgIpc) is 3.33. The number of hydrogen-bond donors (Lipinski definition) is 1. The van der Waals surface area contributed by atoms with Gasteiger partial charge in [0.15, 0.2) is 0 Å². The molecule has 3 fully saturated rings. The van der Waals surface area contributed by atoms with E-state index < -0.39 is 0 Å². The molecule has 0 aromatic heterocycles. The molecule has 3 rings (SSSR count). The molecule has 23 heavy (non-hydrogen) atoms. The first-order valence-electron chi connectivity index (χ1n) is 9.15. The van der Waals surface area contributed by atoms with Crippen LogP contribution in [0.2, 0.25) is 0 Å². The molecule has 2 aliphatic heterocycles. The van der Waals surface area contributed by atoms with Gasteiger partial charge in [0.25, 0.3) is 0 Å². The van der Waals surface area contributed by atoms with E-state index in [-0.39, 0.29) is 11.8 Å². The van der Waals surface area contributed by atoms with Gasteiger partial charge in [-0.1, -0.05) is 0 Å². The normalized spacial score (nSPS) is 27.0. The Balaban J connectivity index is 1.36. The van der Waals surface area contributed by atoms with Crippen molar-refractivity contribution < 1.29 is 9.59 Å². The fourth-order valence-electron chi connectivity index (χ4n) is 3.56. The van der Waals surface area contributed by atoms with Crippen LogP contribution in [0.4, 0.5) is 0 Å². The maximum absolute atomic E-state index is 12.5. The molecule has 0 aromatic carbocycles. The maximum atomic E-state index is 12.5. The van der Waals surface area contributed by atoms with Crippen LogP contribution in [0.25, 0.3) is 0 Å².